The molecule has 1 atom stereocenters. The van der Waals surface area contributed by atoms with Crippen LogP contribution in [0, 0.1) is 19.7 Å². The number of nitrogens with zero attached hydrogens (tertiary/aromatic N) is 1. The fourth-order valence-electron chi connectivity index (χ4n) is 3.08. The van der Waals surface area contributed by atoms with Crippen molar-refractivity contribution in [3.8, 4) is 5.75 Å². The first-order valence-corrected chi connectivity index (χ1v) is 10.9. The Kier molecular flexibility index (Phi) is 8.23. The van der Waals surface area contributed by atoms with Crippen molar-refractivity contribution in [2.24, 2.45) is 0 Å². The molecule has 168 valence electrons. The van der Waals surface area contributed by atoms with Crippen LogP contribution in [0.2, 0.25) is 0 Å². The largest absolute Gasteiger partial charge is 0.484 e. The molecule has 2 aromatic rings. The van der Waals surface area contributed by atoms with Gasteiger partial charge in [-0.05, 0) is 70.9 Å². The molecule has 7 heteroatoms. The van der Waals surface area contributed by atoms with Gasteiger partial charge in [-0.25, -0.2) is 4.39 Å². The molecule has 0 aromatic heterocycles. The second-order valence-corrected chi connectivity index (χ2v) is 9.48. The van der Waals surface area contributed by atoms with E-state index >= 15 is 0 Å². The molecule has 0 aliphatic carbocycles. The third-order valence-electron chi connectivity index (χ3n) is 4.74. The minimum absolute atomic E-state index is 0.0357. The number of rotatable bonds is 7. The van der Waals surface area contributed by atoms with Crippen LogP contribution in [0.3, 0.4) is 0 Å². The van der Waals surface area contributed by atoms with Gasteiger partial charge in [0.2, 0.25) is 5.91 Å². The van der Waals surface area contributed by atoms with Crippen molar-refractivity contribution in [2.45, 2.75) is 59.7 Å². The van der Waals surface area contributed by atoms with Crippen LogP contribution >= 0.6 is 15.9 Å². The number of benzene rings is 2. The molecular weight excluding hydrogens is 463 g/mol. The molecule has 0 saturated carbocycles. The van der Waals surface area contributed by atoms with Crippen LogP contribution in [0.1, 0.15) is 44.4 Å². The number of hydrogen-bond donors (Lipinski definition) is 1. The predicted octanol–water partition coefficient (Wildman–Crippen LogP) is 4.92. The van der Waals surface area contributed by atoms with Gasteiger partial charge < -0.3 is 15.0 Å². The minimum Gasteiger partial charge on any atom is -0.484 e. The van der Waals surface area contributed by atoms with Crippen LogP contribution < -0.4 is 10.1 Å². The molecule has 0 radical (unpaired) electrons. The highest BCUT2D eigenvalue weighted by Gasteiger charge is 2.29. The number of aryl methyl sites for hydroxylation is 2. The second-order valence-electron chi connectivity index (χ2n) is 8.69. The Hall–Kier alpha value is -2.41. The molecule has 5 nitrogen and oxygen atoms in total. The molecule has 0 bridgehead atoms. The number of carbonyl (C=O) groups is 2. The standard InChI is InChI=1S/C24H30BrFN2O3/c1-15-11-19(12-16(2)22(15)25)31-14-21(29)28(13-18-9-7-8-10-20(18)26)17(3)23(30)27-24(4,5)6/h7-12,17H,13-14H2,1-6H3,(H,27,30)/t17-/m0/s1. The molecule has 0 aliphatic rings. The SMILES string of the molecule is Cc1cc(OCC(=O)N(Cc2ccccc2F)[C@@H](C)C(=O)NC(C)(C)C)cc(C)c1Br. The summed E-state index contributed by atoms with van der Waals surface area (Å²) in [5.41, 5.74) is 1.86. The topological polar surface area (TPSA) is 58.6 Å². The Morgan fingerprint density at radius 1 is 1.16 bits per heavy atom. The maximum atomic E-state index is 14.3. The van der Waals surface area contributed by atoms with Crippen molar-refractivity contribution in [3.05, 3.63) is 63.4 Å². The molecule has 0 fully saturated rings. The van der Waals surface area contributed by atoms with E-state index in [0.717, 1.165) is 15.6 Å². The highest BCUT2D eigenvalue weighted by Crippen LogP contribution is 2.26. The van der Waals surface area contributed by atoms with E-state index < -0.39 is 23.3 Å². The molecular formula is C24H30BrFN2O3. The third-order valence-corrected chi connectivity index (χ3v) is 5.99. The summed E-state index contributed by atoms with van der Waals surface area (Å²) in [5, 5.41) is 2.88. The number of hydrogen-bond acceptors (Lipinski definition) is 3. The Balaban J connectivity index is 2.23. The summed E-state index contributed by atoms with van der Waals surface area (Å²) >= 11 is 3.51. The smallest absolute Gasteiger partial charge is 0.261 e. The molecule has 0 heterocycles. The van der Waals surface area contributed by atoms with Gasteiger partial charge in [-0.2, -0.15) is 0 Å². The first kappa shape index (κ1) is 24.9. The van der Waals surface area contributed by atoms with Gasteiger partial charge in [0.25, 0.3) is 5.91 Å². The highest BCUT2D eigenvalue weighted by atomic mass is 79.9. The van der Waals surface area contributed by atoms with Crippen molar-refractivity contribution < 1.29 is 18.7 Å². The van der Waals surface area contributed by atoms with E-state index in [9.17, 15) is 14.0 Å². The van der Waals surface area contributed by atoms with Crippen molar-refractivity contribution in [1.29, 1.82) is 0 Å². The van der Waals surface area contributed by atoms with Crippen LogP contribution in [0.25, 0.3) is 0 Å². The summed E-state index contributed by atoms with van der Waals surface area (Å²) in [6, 6.07) is 9.09. The molecule has 2 rings (SSSR count). The number of carbonyl (C=O) groups excluding carboxylic acids is 2. The summed E-state index contributed by atoms with van der Waals surface area (Å²) in [6.07, 6.45) is 0. The average molecular weight is 493 g/mol. The van der Waals surface area contributed by atoms with Gasteiger partial charge in [-0.3, -0.25) is 9.59 Å². The quantitative estimate of drug-likeness (QED) is 0.596. The van der Waals surface area contributed by atoms with Crippen LogP contribution in [0.4, 0.5) is 4.39 Å². The zero-order chi connectivity index (χ0) is 23.3. The number of nitrogens with one attached hydrogen (secondary N) is 1. The first-order valence-electron chi connectivity index (χ1n) is 10.1. The van der Waals surface area contributed by atoms with Gasteiger partial charge in [-0.1, -0.05) is 34.1 Å². The normalized spacial score (nSPS) is 12.3. The Labute approximate surface area is 192 Å². The van der Waals surface area contributed by atoms with Crippen molar-refractivity contribution >= 4 is 27.7 Å². The molecule has 0 unspecified atom stereocenters. The van der Waals surface area contributed by atoms with Crippen LogP contribution in [0.5, 0.6) is 5.75 Å². The number of halogens is 2. The van der Waals surface area contributed by atoms with Crippen LogP contribution in [0.15, 0.2) is 40.9 Å². The summed E-state index contributed by atoms with van der Waals surface area (Å²) in [7, 11) is 0. The summed E-state index contributed by atoms with van der Waals surface area (Å²) in [4.78, 5) is 27.2. The minimum atomic E-state index is -0.802. The van der Waals surface area contributed by atoms with Gasteiger partial charge in [-0.15, -0.1) is 0 Å². The monoisotopic (exact) mass is 492 g/mol. The maximum Gasteiger partial charge on any atom is 0.261 e. The molecule has 2 amide bonds. The van der Waals surface area contributed by atoms with E-state index in [4.69, 9.17) is 4.74 Å². The molecule has 1 N–H and O–H groups in total. The predicted molar refractivity (Wildman–Crippen MR) is 123 cm³/mol. The van der Waals surface area contributed by atoms with Crippen LogP contribution in [-0.4, -0.2) is 34.9 Å². The Morgan fingerprint density at radius 3 is 2.29 bits per heavy atom. The fraction of sp³-hybridized carbons (Fsp3) is 0.417. The Morgan fingerprint density at radius 2 is 1.74 bits per heavy atom. The van der Waals surface area contributed by atoms with Gasteiger partial charge >= 0.3 is 0 Å². The lowest BCUT2D eigenvalue weighted by molar-refractivity contribution is -0.142. The molecule has 2 aromatic carbocycles. The summed E-state index contributed by atoms with van der Waals surface area (Å²) < 4.78 is 21.0. The van der Waals surface area contributed by atoms with E-state index in [0.29, 0.717) is 11.3 Å². The van der Waals surface area contributed by atoms with E-state index in [1.807, 2.05) is 46.8 Å². The van der Waals surface area contributed by atoms with Crippen molar-refractivity contribution in [1.82, 2.24) is 10.2 Å². The number of ether oxygens (including phenoxy) is 1. The summed E-state index contributed by atoms with van der Waals surface area (Å²) in [5.74, 6) is -0.585. The average Bonchev–Trinajstić information content (AvgIpc) is 2.67. The van der Waals surface area contributed by atoms with Gasteiger partial charge in [0, 0.05) is 22.1 Å². The lowest BCUT2D eigenvalue weighted by atomic mass is 10.1. The van der Waals surface area contributed by atoms with E-state index in [1.165, 1.54) is 11.0 Å². The zero-order valence-electron chi connectivity index (χ0n) is 18.9. The van der Waals surface area contributed by atoms with Crippen molar-refractivity contribution in [3.63, 3.8) is 0 Å². The third kappa shape index (κ3) is 7.06. The molecule has 31 heavy (non-hydrogen) atoms. The highest BCUT2D eigenvalue weighted by molar-refractivity contribution is 9.10. The first-order chi connectivity index (χ1) is 14.4. The molecule has 0 saturated heterocycles. The molecule has 0 spiro atoms. The lowest BCUT2D eigenvalue weighted by Gasteiger charge is -2.31. The lowest BCUT2D eigenvalue weighted by Crippen LogP contribution is -2.53. The summed E-state index contributed by atoms with van der Waals surface area (Å²) in [6.45, 7) is 10.8. The van der Waals surface area contributed by atoms with Gasteiger partial charge in [0.05, 0.1) is 0 Å². The zero-order valence-corrected chi connectivity index (χ0v) is 20.5. The second kappa shape index (κ2) is 10.3. The van der Waals surface area contributed by atoms with Gasteiger partial charge in [0.15, 0.2) is 6.61 Å². The fourth-order valence-corrected chi connectivity index (χ4v) is 3.31. The van der Waals surface area contributed by atoms with E-state index in [2.05, 4.69) is 21.2 Å². The van der Waals surface area contributed by atoms with Crippen LogP contribution in [-0.2, 0) is 16.1 Å². The Bertz CT molecular complexity index is 933. The van der Waals surface area contributed by atoms with Crippen molar-refractivity contribution in [2.75, 3.05) is 6.61 Å². The molecule has 0 aliphatic heterocycles. The number of amides is 2. The maximum absolute atomic E-state index is 14.3. The van der Waals surface area contributed by atoms with E-state index in [1.54, 1.807) is 25.1 Å². The van der Waals surface area contributed by atoms with Gasteiger partial charge in [0.1, 0.15) is 17.6 Å². The van der Waals surface area contributed by atoms with E-state index in [-0.39, 0.29) is 19.1 Å².